The molecule has 0 aliphatic carbocycles. The van der Waals surface area contributed by atoms with Gasteiger partial charge in [-0.2, -0.15) is 0 Å². The van der Waals surface area contributed by atoms with E-state index >= 15 is 0 Å². The number of halogens is 1. The lowest BCUT2D eigenvalue weighted by Gasteiger charge is -2.13. The van der Waals surface area contributed by atoms with Gasteiger partial charge >= 0.3 is 5.97 Å². The van der Waals surface area contributed by atoms with E-state index in [0.29, 0.717) is 40.6 Å². The van der Waals surface area contributed by atoms with Crippen molar-refractivity contribution < 1.29 is 24.2 Å². The average molecular weight is 414 g/mol. The van der Waals surface area contributed by atoms with Gasteiger partial charge in [-0.1, -0.05) is 31.0 Å². The maximum atomic E-state index is 12.5. The Morgan fingerprint density at radius 3 is 2.55 bits per heavy atom. The minimum atomic E-state index is -1.01. The Bertz CT molecular complexity index is 1150. The number of hydrogen-bond acceptors (Lipinski definition) is 4. The topological polar surface area (TPSA) is 77.8 Å². The van der Waals surface area contributed by atoms with Gasteiger partial charge in [-0.25, -0.2) is 4.79 Å². The van der Waals surface area contributed by atoms with Crippen LogP contribution >= 0.6 is 11.6 Å². The van der Waals surface area contributed by atoms with Crippen molar-refractivity contribution in [3.8, 4) is 11.5 Å². The van der Waals surface area contributed by atoms with E-state index in [4.69, 9.17) is 21.1 Å². The summed E-state index contributed by atoms with van der Waals surface area (Å²) in [4.78, 5) is 24.0. The summed E-state index contributed by atoms with van der Waals surface area (Å²) in [6.45, 7) is 4.12. The number of nitrogens with zero attached hydrogens (tertiary/aromatic N) is 1. The summed E-state index contributed by atoms with van der Waals surface area (Å²) < 4.78 is 12.8. The molecule has 6 nitrogen and oxygen atoms in total. The minimum Gasteiger partial charge on any atom is -0.478 e. The highest BCUT2D eigenvalue weighted by atomic mass is 35.5. The highest BCUT2D eigenvalue weighted by Crippen LogP contribution is 2.38. The minimum absolute atomic E-state index is 0.0444. The maximum absolute atomic E-state index is 12.5. The highest BCUT2D eigenvalue weighted by Gasteiger charge is 2.23. The molecule has 1 aliphatic rings. The molecule has 150 valence electrons. The van der Waals surface area contributed by atoms with Crippen molar-refractivity contribution in [1.29, 1.82) is 0 Å². The Labute approximate surface area is 172 Å². The van der Waals surface area contributed by atoms with Crippen molar-refractivity contribution >= 4 is 34.3 Å². The van der Waals surface area contributed by atoms with Crippen molar-refractivity contribution in [2.75, 3.05) is 6.79 Å². The lowest BCUT2D eigenvalue weighted by Crippen LogP contribution is -2.08. The van der Waals surface area contributed by atoms with Crippen molar-refractivity contribution in [2.45, 2.75) is 33.2 Å². The third-order valence-corrected chi connectivity index (χ3v) is 5.48. The lowest BCUT2D eigenvalue weighted by atomic mass is 10.0. The predicted octanol–water partition coefficient (Wildman–Crippen LogP) is 4.93. The van der Waals surface area contributed by atoms with Crippen LogP contribution in [0.5, 0.6) is 11.5 Å². The molecule has 0 spiro atoms. The molecule has 0 saturated heterocycles. The molecule has 0 unspecified atom stereocenters. The van der Waals surface area contributed by atoms with Gasteiger partial charge in [0, 0.05) is 34.3 Å². The molecule has 0 fully saturated rings. The van der Waals surface area contributed by atoms with Crippen LogP contribution in [0, 0.1) is 0 Å². The number of fused-ring (bicyclic) bond motifs is 2. The second-order valence-corrected chi connectivity index (χ2v) is 7.46. The number of aromatic carboxylic acids is 1. The molecule has 0 saturated carbocycles. The number of Topliss-reactive ketones (excluding diaryl/α,β-unsaturated/α-hetero) is 1. The quantitative estimate of drug-likeness (QED) is 0.580. The monoisotopic (exact) mass is 413 g/mol. The van der Waals surface area contributed by atoms with Crippen LogP contribution in [0.2, 0.25) is 5.02 Å². The number of benzene rings is 2. The zero-order valence-electron chi connectivity index (χ0n) is 16.1. The van der Waals surface area contributed by atoms with Crippen molar-refractivity contribution in [3.63, 3.8) is 0 Å². The smallest absolute Gasteiger partial charge is 0.335 e. The van der Waals surface area contributed by atoms with E-state index in [1.165, 1.54) is 13.0 Å². The summed E-state index contributed by atoms with van der Waals surface area (Å²) in [7, 11) is 0. The fraction of sp³-hybridized carbons (Fsp3) is 0.273. The molecule has 2 heterocycles. The van der Waals surface area contributed by atoms with Gasteiger partial charge in [-0.15, -0.1) is 0 Å². The SMILES string of the molecule is CCCc1c(C(C)=O)c2ccc(C(=O)O)cc2n1Cc1cc2c(cc1Cl)OCO2. The molecule has 4 rings (SSSR count). The van der Waals surface area contributed by atoms with Gasteiger partial charge in [0.25, 0.3) is 0 Å². The number of rotatable bonds is 6. The Morgan fingerprint density at radius 2 is 1.90 bits per heavy atom. The number of carbonyl (C=O) groups is 2. The van der Waals surface area contributed by atoms with Crippen LogP contribution in [0.4, 0.5) is 0 Å². The van der Waals surface area contributed by atoms with Crippen molar-refractivity contribution in [3.05, 3.63) is 57.7 Å². The summed E-state index contributed by atoms with van der Waals surface area (Å²) in [6, 6.07) is 8.42. The fourth-order valence-corrected chi connectivity index (χ4v) is 4.07. The molecule has 3 aromatic rings. The summed E-state index contributed by atoms with van der Waals surface area (Å²) in [5, 5.41) is 10.7. The van der Waals surface area contributed by atoms with Crippen LogP contribution in [0.15, 0.2) is 30.3 Å². The van der Waals surface area contributed by atoms with E-state index in [9.17, 15) is 14.7 Å². The zero-order valence-corrected chi connectivity index (χ0v) is 16.9. The number of ether oxygens (including phenoxy) is 2. The molecular formula is C22H20ClNO5. The van der Waals surface area contributed by atoms with Crippen molar-refractivity contribution in [2.24, 2.45) is 0 Å². The molecule has 0 amide bonds. The normalized spacial score (nSPS) is 12.5. The van der Waals surface area contributed by atoms with Crippen LogP contribution in [-0.2, 0) is 13.0 Å². The van der Waals surface area contributed by atoms with Crippen LogP contribution in [0.25, 0.3) is 10.9 Å². The Morgan fingerprint density at radius 1 is 1.17 bits per heavy atom. The molecule has 1 aliphatic heterocycles. The Hall–Kier alpha value is -2.99. The first kappa shape index (κ1) is 19.3. The number of carbonyl (C=O) groups excluding carboxylic acids is 1. The van der Waals surface area contributed by atoms with E-state index in [-0.39, 0.29) is 18.1 Å². The van der Waals surface area contributed by atoms with Gasteiger partial charge in [0.1, 0.15) is 0 Å². The number of carboxylic acid groups (broad SMARTS) is 1. The first-order valence-electron chi connectivity index (χ1n) is 9.38. The van der Waals surface area contributed by atoms with Gasteiger partial charge in [0.05, 0.1) is 11.1 Å². The van der Waals surface area contributed by atoms with Gasteiger partial charge < -0.3 is 19.1 Å². The first-order valence-corrected chi connectivity index (χ1v) is 9.75. The van der Waals surface area contributed by atoms with Crippen LogP contribution in [0.1, 0.15) is 52.2 Å². The average Bonchev–Trinajstić information content (AvgIpc) is 3.24. The maximum Gasteiger partial charge on any atom is 0.335 e. The Kier molecular flexibility index (Phi) is 4.96. The summed E-state index contributed by atoms with van der Waals surface area (Å²) in [5.41, 5.74) is 3.20. The van der Waals surface area contributed by atoms with Gasteiger partial charge in [-0.05, 0) is 37.1 Å². The number of carboxylic acids is 1. The van der Waals surface area contributed by atoms with Gasteiger partial charge in [-0.3, -0.25) is 4.79 Å². The number of ketones is 1. The molecule has 2 aromatic carbocycles. The molecule has 1 aromatic heterocycles. The van der Waals surface area contributed by atoms with E-state index in [2.05, 4.69) is 0 Å². The molecule has 29 heavy (non-hydrogen) atoms. The predicted molar refractivity (Wildman–Crippen MR) is 110 cm³/mol. The molecule has 0 atom stereocenters. The van der Waals surface area contributed by atoms with Crippen molar-refractivity contribution in [1.82, 2.24) is 4.57 Å². The molecule has 0 radical (unpaired) electrons. The fourth-order valence-electron chi connectivity index (χ4n) is 3.86. The largest absolute Gasteiger partial charge is 0.478 e. The third-order valence-electron chi connectivity index (χ3n) is 5.13. The summed E-state index contributed by atoms with van der Waals surface area (Å²) >= 11 is 6.48. The lowest BCUT2D eigenvalue weighted by molar-refractivity contribution is 0.0696. The van der Waals surface area contributed by atoms with Crippen LogP contribution < -0.4 is 9.47 Å². The first-order chi connectivity index (χ1) is 13.9. The Balaban J connectivity index is 1.94. The van der Waals surface area contributed by atoms with E-state index < -0.39 is 5.97 Å². The van der Waals surface area contributed by atoms with Crippen LogP contribution in [0.3, 0.4) is 0 Å². The molecular weight excluding hydrogens is 394 g/mol. The van der Waals surface area contributed by atoms with Gasteiger partial charge in [0.15, 0.2) is 17.3 Å². The molecule has 7 heteroatoms. The van der Waals surface area contributed by atoms with Gasteiger partial charge in [0.2, 0.25) is 6.79 Å². The van der Waals surface area contributed by atoms with Crippen LogP contribution in [-0.4, -0.2) is 28.2 Å². The zero-order chi connectivity index (χ0) is 20.7. The number of aromatic nitrogens is 1. The number of hydrogen-bond donors (Lipinski definition) is 1. The second kappa shape index (κ2) is 7.44. The summed E-state index contributed by atoms with van der Waals surface area (Å²) in [6.07, 6.45) is 1.53. The van der Waals surface area contributed by atoms with E-state index in [1.807, 2.05) is 17.6 Å². The molecule has 1 N–H and O–H groups in total. The third kappa shape index (κ3) is 3.34. The van der Waals surface area contributed by atoms with E-state index in [1.54, 1.807) is 18.2 Å². The highest BCUT2D eigenvalue weighted by molar-refractivity contribution is 6.31. The van der Waals surface area contributed by atoms with E-state index in [0.717, 1.165) is 23.1 Å². The summed E-state index contributed by atoms with van der Waals surface area (Å²) in [5.74, 6) is 0.164. The molecule has 0 bridgehead atoms. The standard InChI is InChI=1S/C22H20ClNO5/c1-3-4-17-21(12(2)25)15-6-5-13(22(26)27)7-18(15)24(17)10-14-8-19-20(9-16(14)23)29-11-28-19/h5-9H,3-4,10-11H2,1-2H3,(H,26,27). The second-order valence-electron chi connectivity index (χ2n) is 7.05.